The number of methoxy groups -OCH3 is 1. The third-order valence-electron chi connectivity index (χ3n) is 2.30. The number of ether oxygens (including phenoxy) is 1. The van der Waals surface area contributed by atoms with Gasteiger partial charge in [0.2, 0.25) is 0 Å². The third-order valence-corrected chi connectivity index (χ3v) is 2.87. The van der Waals surface area contributed by atoms with E-state index in [4.69, 9.17) is 27.9 Å². The van der Waals surface area contributed by atoms with E-state index in [1.807, 2.05) is 0 Å². The van der Waals surface area contributed by atoms with E-state index < -0.39 is 5.60 Å². The van der Waals surface area contributed by atoms with E-state index in [2.05, 4.69) is 0 Å². The van der Waals surface area contributed by atoms with Crippen LogP contribution in [0.4, 0.5) is 0 Å². The Kier molecular flexibility index (Phi) is 4.41. The van der Waals surface area contributed by atoms with Crippen LogP contribution in [0.5, 0.6) is 0 Å². The lowest BCUT2D eigenvalue weighted by molar-refractivity contribution is 0.0211. The molecule has 84 valence electrons. The van der Waals surface area contributed by atoms with Gasteiger partial charge in [0.05, 0.1) is 5.60 Å². The third kappa shape index (κ3) is 3.35. The molecule has 0 fully saturated rings. The van der Waals surface area contributed by atoms with E-state index in [0.29, 0.717) is 28.6 Å². The van der Waals surface area contributed by atoms with Crippen LogP contribution in [0.15, 0.2) is 18.2 Å². The average Bonchev–Trinajstić information content (AvgIpc) is 2.18. The van der Waals surface area contributed by atoms with Crippen LogP contribution < -0.4 is 0 Å². The van der Waals surface area contributed by atoms with Gasteiger partial charge in [-0.1, -0.05) is 23.2 Å². The average molecular weight is 249 g/mol. The predicted octanol–water partition coefficient (Wildman–Crippen LogP) is 3.24. The Labute approximate surface area is 99.8 Å². The Bertz CT molecular complexity index is 337. The summed E-state index contributed by atoms with van der Waals surface area (Å²) in [6.45, 7) is 2.17. The summed E-state index contributed by atoms with van der Waals surface area (Å²) < 4.78 is 4.93. The van der Waals surface area contributed by atoms with Gasteiger partial charge in [-0.15, -0.1) is 0 Å². The van der Waals surface area contributed by atoms with Crippen molar-refractivity contribution in [2.45, 2.75) is 18.9 Å². The van der Waals surface area contributed by atoms with Crippen LogP contribution in [0.3, 0.4) is 0 Å². The monoisotopic (exact) mass is 248 g/mol. The Morgan fingerprint density at radius 2 is 2.07 bits per heavy atom. The Balaban J connectivity index is 2.97. The maximum Gasteiger partial charge on any atom is 0.0905 e. The molecular weight excluding hydrogens is 235 g/mol. The highest BCUT2D eigenvalue weighted by Crippen LogP contribution is 2.32. The summed E-state index contributed by atoms with van der Waals surface area (Å²) in [5, 5.41) is 11.3. The molecule has 15 heavy (non-hydrogen) atoms. The summed E-state index contributed by atoms with van der Waals surface area (Å²) >= 11 is 11.9. The molecule has 4 heteroatoms. The van der Waals surface area contributed by atoms with Crippen molar-refractivity contribution in [3.8, 4) is 0 Å². The Morgan fingerprint density at radius 1 is 1.40 bits per heavy atom. The summed E-state index contributed by atoms with van der Waals surface area (Å²) in [6, 6.07) is 5.06. The molecule has 1 atom stereocenters. The fourth-order valence-electron chi connectivity index (χ4n) is 1.35. The highest BCUT2D eigenvalue weighted by Gasteiger charge is 2.25. The highest BCUT2D eigenvalue weighted by atomic mass is 35.5. The lowest BCUT2D eigenvalue weighted by atomic mass is 9.93. The lowest BCUT2D eigenvalue weighted by Crippen LogP contribution is -2.23. The van der Waals surface area contributed by atoms with E-state index in [9.17, 15) is 5.11 Å². The van der Waals surface area contributed by atoms with Crippen LogP contribution in [-0.4, -0.2) is 18.8 Å². The minimum atomic E-state index is -1.02. The van der Waals surface area contributed by atoms with Crippen LogP contribution in [0.1, 0.15) is 18.9 Å². The Morgan fingerprint density at radius 3 is 2.67 bits per heavy atom. The Hall–Kier alpha value is -0.280. The molecule has 0 aliphatic rings. The smallest absolute Gasteiger partial charge is 0.0905 e. The highest BCUT2D eigenvalue weighted by molar-refractivity contribution is 6.33. The van der Waals surface area contributed by atoms with E-state index in [-0.39, 0.29) is 0 Å². The first-order chi connectivity index (χ1) is 6.97. The number of hydrogen-bond donors (Lipinski definition) is 1. The molecule has 0 aliphatic carbocycles. The first-order valence-electron chi connectivity index (χ1n) is 4.64. The minimum absolute atomic E-state index is 0.468. The quantitative estimate of drug-likeness (QED) is 0.887. The second-order valence-electron chi connectivity index (χ2n) is 3.64. The van der Waals surface area contributed by atoms with Gasteiger partial charge in [0, 0.05) is 35.7 Å². The second kappa shape index (κ2) is 5.17. The predicted molar refractivity (Wildman–Crippen MR) is 62.5 cm³/mol. The van der Waals surface area contributed by atoms with Crippen molar-refractivity contribution in [3.63, 3.8) is 0 Å². The molecule has 1 aromatic rings. The molecule has 1 unspecified atom stereocenters. The molecule has 0 aromatic heterocycles. The molecule has 2 nitrogen and oxygen atoms in total. The van der Waals surface area contributed by atoms with Crippen LogP contribution in [0.25, 0.3) is 0 Å². The molecule has 1 aromatic carbocycles. The van der Waals surface area contributed by atoms with Gasteiger partial charge in [0.1, 0.15) is 0 Å². The van der Waals surface area contributed by atoms with Crippen LogP contribution in [-0.2, 0) is 10.3 Å². The van der Waals surface area contributed by atoms with Crippen molar-refractivity contribution in [1.82, 2.24) is 0 Å². The van der Waals surface area contributed by atoms with Gasteiger partial charge in [0.15, 0.2) is 0 Å². The summed E-state index contributed by atoms with van der Waals surface area (Å²) in [5.74, 6) is 0. The molecule has 0 amide bonds. The lowest BCUT2D eigenvalue weighted by Gasteiger charge is -2.24. The van der Waals surface area contributed by atoms with Crippen molar-refractivity contribution in [1.29, 1.82) is 0 Å². The zero-order valence-electron chi connectivity index (χ0n) is 8.76. The molecule has 0 aliphatic heterocycles. The summed E-state index contributed by atoms with van der Waals surface area (Å²) in [7, 11) is 1.59. The van der Waals surface area contributed by atoms with Crippen LogP contribution in [0.2, 0.25) is 10.0 Å². The normalized spacial score (nSPS) is 15.0. The number of hydrogen-bond acceptors (Lipinski definition) is 2. The fraction of sp³-hybridized carbons (Fsp3) is 0.455. The van der Waals surface area contributed by atoms with Gasteiger partial charge in [-0.05, 0) is 25.1 Å². The number of rotatable bonds is 4. The first kappa shape index (κ1) is 12.8. The van der Waals surface area contributed by atoms with Gasteiger partial charge in [-0.2, -0.15) is 0 Å². The van der Waals surface area contributed by atoms with Crippen LogP contribution in [0, 0.1) is 0 Å². The minimum Gasteiger partial charge on any atom is -0.385 e. The first-order valence-corrected chi connectivity index (χ1v) is 5.40. The zero-order chi connectivity index (χ0) is 11.5. The number of benzene rings is 1. The largest absolute Gasteiger partial charge is 0.385 e. The number of aliphatic hydroxyl groups is 1. The van der Waals surface area contributed by atoms with Gasteiger partial charge in [-0.3, -0.25) is 0 Å². The van der Waals surface area contributed by atoms with Crippen molar-refractivity contribution >= 4 is 23.2 Å². The molecule has 0 heterocycles. The van der Waals surface area contributed by atoms with Gasteiger partial charge in [-0.25, -0.2) is 0 Å². The standard InChI is InChI=1S/C11H14Cl2O2/c1-11(14,5-6-15-2)9-7-8(12)3-4-10(9)13/h3-4,7,14H,5-6H2,1-2H3. The van der Waals surface area contributed by atoms with Gasteiger partial charge >= 0.3 is 0 Å². The molecule has 0 spiro atoms. The maximum atomic E-state index is 10.2. The fourth-order valence-corrected chi connectivity index (χ4v) is 1.84. The van der Waals surface area contributed by atoms with Crippen LogP contribution >= 0.6 is 23.2 Å². The second-order valence-corrected chi connectivity index (χ2v) is 4.48. The van der Waals surface area contributed by atoms with E-state index in [1.54, 1.807) is 32.2 Å². The molecule has 0 bridgehead atoms. The van der Waals surface area contributed by atoms with Gasteiger partial charge in [0.25, 0.3) is 0 Å². The zero-order valence-corrected chi connectivity index (χ0v) is 10.3. The summed E-state index contributed by atoms with van der Waals surface area (Å²) in [5.41, 5.74) is -0.383. The topological polar surface area (TPSA) is 29.5 Å². The molecule has 1 rings (SSSR count). The van der Waals surface area contributed by atoms with Crippen molar-refractivity contribution in [2.75, 3.05) is 13.7 Å². The molecular formula is C11H14Cl2O2. The van der Waals surface area contributed by atoms with Gasteiger partial charge < -0.3 is 9.84 Å². The summed E-state index contributed by atoms with van der Waals surface area (Å²) in [6.07, 6.45) is 0.476. The number of halogens is 2. The van der Waals surface area contributed by atoms with E-state index in [1.165, 1.54) is 0 Å². The molecule has 0 saturated carbocycles. The molecule has 0 saturated heterocycles. The maximum absolute atomic E-state index is 10.2. The van der Waals surface area contributed by atoms with E-state index in [0.717, 1.165) is 0 Å². The van der Waals surface area contributed by atoms with Crippen molar-refractivity contribution < 1.29 is 9.84 Å². The van der Waals surface area contributed by atoms with Crippen molar-refractivity contribution in [3.05, 3.63) is 33.8 Å². The van der Waals surface area contributed by atoms with E-state index >= 15 is 0 Å². The summed E-state index contributed by atoms with van der Waals surface area (Å²) in [4.78, 5) is 0. The van der Waals surface area contributed by atoms with Crippen molar-refractivity contribution in [2.24, 2.45) is 0 Å². The molecule has 0 radical (unpaired) electrons. The molecule has 1 N–H and O–H groups in total. The SMILES string of the molecule is COCCC(C)(O)c1cc(Cl)ccc1Cl.